The minimum absolute atomic E-state index is 0.581. The molecule has 0 saturated heterocycles. The number of nitrogens with two attached hydrogens (primary N) is 1. The second-order valence-corrected chi connectivity index (χ2v) is 3.76. The van der Waals surface area contributed by atoms with Crippen molar-refractivity contribution in [3.8, 4) is 0 Å². The van der Waals surface area contributed by atoms with Gasteiger partial charge in [-0.15, -0.1) is 0 Å². The van der Waals surface area contributed by atoms with Crippen molar-refractivity contribution in [3.05, 3.63) is 0 Å². The van der Waals surface area contributed by atoms with E-state index in [-0.39, 0.29) is 0 Å². The van der Waals surface area contributed by atoms with E-state index in [9.17, 15) is 0 Å². The zero-order chi connectivity index (χ0) is 7.40. The second kappa shape index (κ2) is 3.86. The average molecular weight is 158 g/mol. The van der Waals surface area contributed by atoms with E-state index >= 15 is 0 Å². The minimum Gasteiger partial charge on any atom is -0.387 e. The molecule has 3 heteroatoms. The maximum atomic E-state index is 5.63. The van der Waals surface area contributed by atoms with Gasteiger partial charge in [0, 0.05) is 0 Å². The molecule has 0 heterocycles. The van der Waals surface area contributed by atoms with Gasteiger partial charge in [0.15, 0.2) is 0 Å². The summed E-state index contributed by atoms with van der Waals surface area (Å²) in [6.45, 7) is 2.13. The summed E-state index contributed by atoms with van der Waals surface area (Å²) in [6, 6.07) is 0.581. The van der Waals surface area contributed by atoms with Crippen LogP contribution in [0.3, 0.4) is 0 Å². The van der Waals surface area contributed by atoms with Gasteiger partial charge in [-0.2, -0.15) is 11.8 Å². The molecule has 1 fully saturated rings. The lowest BCUT2D eigenvalue weighted by molar-refractivity contribution is 1.06. The third-order valence-corrected chi connectivity index (χ3v) is 2.26. The molecule has 10 heavy (non-hydrogen) atoms. The lowest BCUT2D eigenvalue weighted by Crippen LogP contribution is -2.15. The molecule has 0 bridgehead atoms. The molecule has 0 aromatic carbocycles. The summed E-state index contributed by atoms with van der Waals surface area (Å²) in [5, 5.41) is 0. The van der Waals surface area contributed by atoms with E-state index in [2.05, 4.69) is 11.9 Å². The van der Waals surface area contributed by atoms with Crippen molar-refractivity contribution in [3.63, 3.8) is 0 Å². The number of thioether (sulfide) groups is 1. The maximum Gasteiger partial charge on any atom is 0.104 e. The molecule has 0 atom stereocenters. The Morgan fingerprint density at radius 1 is 1.70 bits per heavy atom. The van der Waals surface area contributed by atoms with E-state index in [0.29, 0.717) is 6.04 Å². The molecule has 0 amide bonds. The highest BCUT2D eigenvalue weighted by Gasteiger charge is 2.19. The summed E-state index contributed by atoms with van der Waals surface area (Å²) in [5.74, 6) is 2.86. The van der Waals surface area contributed by atoms with Gasteiger partial charge < -0.3 is 5.73 Å². The predicted molar refractivity (Wildman–Crippen MR) is 47.6 cm³/mol. The van der Waals surface area contributed by atoms with Gasteiger partial charge in [0.1, 0.15) is 5.84 Å². The molecule has 0 aromatic rings. The highest BCUT2D eigenvalue weighted by molar-refractivity contribution is 7.99. The molecule has 0 spiro atoms. The van der Waals surface area contributed by atoms with Crippen molar-refractivity contribution in [2.75, 3.05) is 11.5 Å². The van der Waals surface area contributed by atoms with Crippen LogP contribution in [0.2, 0.25) is 0 Å². The fourth-order valence-electron chi connectivity index (χ4n) is 0.682. The van der Waals surface area contributed by atoms with Crippen molar-refractivity contribution >= 4 is 17.6 Å². The van der Waals surface area contributed by atoms with Crippen LogP contribution < -0.4 is 5.73 Å². The van der Waals surface area contributed by atoms with Crippen LogP contribution in [0.25, 0.3) is 0 Å². The number of aliphatic imine (C=N–C) groups is 1. The highest BCUT2D eigenvalue weighted by Crippen LogP contribution is 2.23. The Hall–Kier alpha value is -0.180. The van der Waals surface area contributed by atoms with E-state index in [1.807, 2.05) is 11.8 Å². The van der Waals surface area contributed by atoms with Gasteiger partial charge in [-0.3, -0.25) is 4.99 Å². The first kappa shape index (κ1) is 7.92. The van der Waals surface area contributed by atoms with Gasteiger partial charge in [-0.05, 0) is 18.6 Å². The Balaban J connectivity index is 2.11. The summed E-state index contributed by atoms with van der Waals surface area (Å²) < 4.78 is 0. The zero-order valence-corrected chi connectivity index (χ0v) is 7.16. The Labute approximate surface area is 66.3 Å². The Morgan fingerprint density at radius 2 is 2.40 bits per heavy atom. The average Bonchev–Trinajstić information content (AvgIpc) is 2.67. The first-order chi connectivity index (χ1) is 4.83. The molecule has 2 nitrogen and oxygen atoms in total. The van der Waals surface area contributed by atoms with Gasteiger partial charge >= 0.3 is 0 Å². The number of hydrogen-bond donors (Lipinski definition) is 1. The smallest absolute Gasteiger partial charge is 0.104 e. The van der Waals surface area contributed by atoms with Crippen molar-refractivity contribution in [1.29, 1.82) is 0 Å². The van der Waals surface area contributed by atoms with Crippen LogP contribution in [-0.2, 0) is 0 Å². The fourth-order valence-corrected chi connectivity index (χ4v) is 1.17. The third-order valence-electron chi connectivity index (χ3n) is 1.35. The maximum absolute atomic E-state index is 5.63. The summed E-state index contributed by atoms with van der Waals surface area (Å²) in [4.78, 5) is 4.30. The third kappa shape index (κ3) is 3.11. The Kier molecular flexibility index (Phi) is 3.06. The van der Waals surface area contributed by atoms with Gasteiger partial charge in [0.05, 0.1) is 11.8 Å². The number of amidine groups is 1. The minimum atomic E-state index is 0.581. The van der Waals surface area contributed by atoms with Crippen LogP contribution in [0, 0.1) is 0 Å². The van der Waals surface area contributed by atoms with Crippen LogP contribution in [-0.4, -0.2) is 23.4 Å². The van der Waals surface area contributed by atoms with Crippen LogP contribution in [0.1, 0.15) is 19.8 Å². The molecule has 0 unspecified atom stereocenters. The molecule has 1 aliphatic carbocycles. The molecule has 0 aromatic heterocycles. The number of rotatable bonds is 4. The number of hydrogen-bond acceptors (Lipinski definition) is 2. The first-order valence-corrected chi connectivity index (χ1v) is 4.88. The van der Waals surface area contributed by atoms with Gasteiger partial charge in [0.2, 0.25) is 0 Å². The number of nitrogens with zero attached hydrogens (tertiary/aromatic N) is 1. The molecule has 0 aliphatic heterocycles. The van der Waals surface area contributed by atoms with Crippen LogP contribution >= 0.6 is 11.8 Å². The van der Waals surface area contributed by atoms with E-state index in [1.54, 1.807) is 0 Å². The molecule has 0 radical (unpaired) electrons. The second-order valence-electron chi connectivity index (χ2n) is 2.49. The van der Waals surface area contributed by atoms with Crippen molar-refractivity contribution in [2.45, 2.75) is 25.8 Å². The van der Waals surface area contributed by atoms with Crippen molar-refractivity contribution in [1.82, 2.24) is 0 Å². The summed E-state index contributed by atoms with van der Waals surface area (Å²) in [5.41, 5.74) is 5.63. The van der Waals surface area contributed by atoms with Crippen LogP contribution in [0.15, 0.2) is 4.99 Å². The predicted octanol–water partition coefficient (Wildman–Crippen LogP) is 1.26. The summed E-state index contributed by atoms with van der Waals surface area (Å²) in [7, 11) is 0. The summed E-state index contributed by atoms with van der Waals surface area (Å²) in [6.07, 6.45) is 2.50. The molecule has 58 valence electrons. The monoisotopic (exact) mass is 158 g/mol. The van der Waals surface area contributed by atoms with Crippen LogP contribution in [0.4, 0.5) is 0 Å². The Morgan fingerprint density at radius 3 is 2.90 bits per heavy atom. The molecule has 2 N–H and O–H groups in total. The highest BCUT2D eigenvalue weighted by atomic mass is 32.2. The van der Waals surface area contributed by atoms with E-state index in [1.165, 1.54) is 12.8 Å². The largest absolute Gasteiger partial charge is 0.387 e. The van der Waals surface area contributed by atoms with E-state index in [4.69, 9.17) is 5.73 Å². The molecule has 1 saturated carbocycles. The summed E-state index contributed by atoms with van der Waals surface area (Å²) >= 11 is 1.83. The van der Waals surface area contributed by atoms with Gasteiger partial charge in [-0.1, -0.05) is 6.92 Å². The topological polar surface area (TPSA) is 38.4 Å². The standard InChI is InChI=1S/C7H14N2S/c1-2-10-5-7(8)9-6-3-4-6/h6H,2-5H2,1H3,(H2,8,9). The zero-order valence-electron chi connectivity index (χ0n) is 6.34. The molecular formula is C7H14N2S. The lowest BCUT2D eigenvalue weighted by atomic mass is 10.6. The lowest BCUT2D eigenvalue weighted by Gasteiger charge is -1.96. The Bertz CT molecular complexity index is 130. The first-order valence-electron chi connectivity index (χ1n) is 3.72. The van der Waals surface area contributed by atoms with E-state index in [0.717, 1.165) is 17.3 Å². The van der Waals surface area contributed by atoms with E-state index < -0.39 is 0 Å². The van der Waals surface area contributed by atoms with Crippen molar-refractivity contribution in [2.24, 2.45) is 10.7 Å². The van der Waals surface area contributed by atoms with Gasteiger partial charge in [-0.25, -0.2) is 0 Å². The fraction of sp³-hybridized carbons (Fsp3) is 0.857. The molecular weight excluding hydrogens is 144 g/mol. The normalized spacial score (nSPS) is 19.5. The quantitative estimate of drug-likeness (QED) is 0.494. The molecule has 1 aliphatic rings. The van der Waals surface area contributed by atoms with Gasteiger partial charge in [0.25, 0.3) is 0 Å². The molecule has 1 rings (SSSR count). The SMILES string of the molecule is CCSCC(N)=NC1CC1. The van der Waals surface area contributed by atoms with Crippen LogP contribution in [0.5, 0.6) is 0 Å². The van der Waals surface area contributed by atoms with Crippen molar-refractivity contribution < 1.29 is 0 Å².